The number of nitrogens with one attached hydrogen (secondary N) is 1. The lowest BCUT2D eigenvalue weighted by atomic mass is 9.99. The first-order valence-corrected chi connectivity index (χ1v) is 5.62. The van der Waals surface area contributed by atoms with Crippen molar-refractivity contribution in [1.29, 1.82) is 0 Å². The van der Waals surface area contributed by atoms with E-state index in [1.54, 1.807) is 6.07 Å². The zero-order valence-electron chi connectivity index (χ0n) is 8.91. The van der Waals surface area contributed by atoms with Gasteiger partial charge in [-0.2, -0.15) is 0 Å². The van der Waals surface area contributed by atoms with Gasteiger partial charge < -0.3 is 14.8 Å². The maximum atomic E-state index is 13.3. The Labute approximate surface area is 93.6 Å². The number of halogens is 1. The monoisotopic (exact) mass is 223 g/mol. The van der Waals surface area contributed by atoms with Crippen molar-refractivity contribution >= 4 is 0 Å². The van der Waals surface area contributed by atoms with Gasteiger partial charge in [0.15, 0.2) is 0 Å². The lowest BCUT2D eigenvalue weighted by Gasteiger charge is -2.31. The molecule has 0 saturated carbocycles. The molecule has 2 unspecified atom stereocenters. The van der Waals surface area contributed by atoms with Crippen molar-refractivity contribution in [3.63, 3.8) is 0 Å². The standard InChI is InChI=1S/C12H14FNO2/c13-8-1-2-11-9(7-8)12-10(3-5-15-11)14-4-6-16-12/h1-2,7,10,12,14H,3-6H2. The number of rotatable bonds is 0. The minimum absolute atomic E-state index is 0.0815. The van der Waals surface area contributed by atoms with Crippen molar-refractivity contribution in [3.05, 3.63) is 29.6 Å². The summed E-state index contributed by atoms with van der Waals surface area (Å²) in [5, 5.41) is 3.39. The molecule has 1 saturated heterocycles. The summed E-state index contributed by atoms with van der Waals surface area (Å²) in [6, 6.07) is 4.86. The average Bonchev–Trinajstić information content (AvgIpc) is 2.48. The average molecular weight is 223 g/mol. The molecular formula is C12H14FNO2. The molecule has 2 aliphatic heterocycles. The Morgan fingerprint density at radius 2 is 2.25 bits per heavy atom. The highest BCUT2D eigenvalue weighted by Gasteiger charge is 2.31. The van der Waals surface area contributed by atoms with Crippen LogP contribution in [0.3, 0.4) is 0 Å². The van der Waals surface area contributed by atoms with Gasteiger partial charge in [0.1, 0.15) is 17.7 Å². The van der Waals surface area contributed by atoms with Crippen LogP contribution in [0.25, 0.3) is 0 Å². The van der Waals surface area contributed by atoms with Gasteiger partial charge in [0.25, 0.3) is 0 Å². The van der Waals surface area contributed by atoms with Crippen LogP contribution in [0.5, 0.6) is 5.75 Å². The van der Waals surface area contributed by atoms with Crippen molar-refractivity contribution in [1.82, 2.24) is 5.32 Å². The zero-order valence-corrected chi connectivity index (χ0v) is 8.91. The van der Waals surface area contributed by atoms with Crippen molar-refractivity contribution in [2.45, 2.75) is 18.6 Å². The summed E-state index contributed by atoms with van der Waals surface area (Å²) < 4.78 is 24.6. The molecule has 2 atom stereocenters. The summed E-state index contributed by atoms with van der Waals surface area (Å²) in [4.78, 5) is 0. The molecule has 0 bridgehead atoms. The van der Waals surface area contributed by atoms with Crippen molar-refractivity contribution in [2.24, 2.45) is 0 Å². The maximum Gasteiger partial charge on any atom is 0.125 e. The van der Waals surface area contributed by atoms with Gasteiger partial charge in [-0.3, -0.25) is 0 Å². The Bertz CT molecular complexity index is 397. The van der Waals surface area contributed by atoms with E-state index in [0.717, 1.165) is 24.3 Å². The molecular weight excluding hydrogens is 209 g/mol. The molecule has 3 rings (SSSR count). The largest absolute Gasteiger partial charge is 0.493 e. The van der Waals surface area contributed by atoms with Crippen LogP contribution >= 0.6 is 0 Å². The molecule has 1 fully saturated rings. The second-order valence-electron chi connectivity index (χ2n) is 4.17. The third kappa shape index (κ3) is 1.68. The van der Waals surface area contributed by atoms with Gasteiger partial charge in [-0.1, -0.05) is 0 Å². The lowest BCUT2D eigenvalue weighted by Crippen LogP contribution is -2.43. The molecule has 1 N–H and O–H groups in total. The van der Waals surface area contributed by atoms with Crippen molar-refractivity contribution in [3.8, 4) is 5.75 Å². The Morgan fingerprint density at radius 1 is 1.31 bits per heavy atom. The van der Waals surface area contributed by atoms with Crippen LogP contribution in [-0.2, 0) is 4.74 Å². The maximum absolute atomic E-state index is 13.3. The molecule has 0 radical (unpaired) electrons. The van der Waals surface area contributed by atoms with Crippen molar-refractivity contribution in [2.75, 3.05) is 19.8 Å². The van der Waals surface area contributed by atoms with Gasteiger partial charge in [-0.05, 0) is 24.6 Å². The highest BCUT2D eigenvalue weighted by molar-refractivity contribution is 5.37. The van der Waals surface area contributed by atoms with E-state index in [4.69, 9.17) is 9.47 Å². The number of morpholine rings is 1. The molecule has 16 heavy (non-hydrogen) atoms. The van der Waals surface area contributed by atoms with E-state index in [1.165, 1.54) is 12.1 Å². The SMILES string of the molecule is Fc1ccc2c(c1)C1OCCNC1CCO2. The minimum Gasteiger partial charge on any atom is -0.493 e. The first-order valence-electron chi connectivity index (χ1n) is 5.62. The van der Waals surface area contributed by atoms with E-state index in [-0.39, 0.29) is 18.0 Å². The van der Waals surface area contributed by atoms with Crippen LogP contribution in [0.15, 0.2) is 18.2 Å². The molecule has 0 amide bonds. The number of ether oxygens (including phenoxy) is 2. The van der Waals surface area contributed by atoms with Crippen molar-refractivity contribution < 1.29 is 13.9 Å². The zero-order chi connectivity index (χ0) is 11.0. The number of fused-ring (bicyclic) bond motifs is 3. The van der Waals surface area contributed by atoms with Gasteiger partial charge in [-0.15, -0.1) is 0 Å². The van der Waals surface area contributed by atoms with Crippen LogP contribution < -0.4 is 10.1 Å². The fourth-order valence-corrected chi connectivity index (χ4v) is 2.38. The van der Waals surface area contributed by atoms with E-state index < -0.39 is 0 Å². The summed E-state index contributed by atoms with van der Waals surface area (Å²) in [7, 11) is 0. The van der Waals surface area contributed by atoms with E-state index in [9.17, 15) is 4.39 Å². The second kappa shape index (κ2) is 4.03. The van der Waals surface area contributed by atoms with Crippen LogP contribution in [0.2, 0.25) is 0 Å². The predicted octanol–water partition coefficient (Wildman–Crippen LogP) is 1.64. The third-order valence-corrected chi connectivity index (χ3v) is 3.14. The third-order valence-electron chi connectivity index (χ3n) is 3.14. The van der Waals surface area contributed by atoms with E-state index in [1.807, 2.05) is 0 Å². The molecule has 0 aromatic heterocycles. The van der Waals surface area contributed by atoms with Crippen LogP contribution in [0.1, 0.15) is 18.1 Å². The highest BCUT2D eigenvalue weighted by Crippen LogP contribution is 2.35. The topological polar surface area (TPSA) is 30.5 Å². The molecule has 0 spiro atoms. The molecule has 86 valence electrons. The Morgan fingerprint density at radius 3 is 3.19 bits per heavy atom. The molecule has 4 heteroatoms. The predicted molar refractivity (Wildman–Crippen MR) is 57.0 cm³/mol. The van der Waals surface area contributed by atoms with Crippen LogP contribution in [-0.4, -0.2) is 25.8 Å². The van der Waals surface area contributed by atoms with Gasteiger partial charge >= 0.3 is 0 Å². The van der Waals surface area contributed by atoms with E-state index in [2.05, 4.69) is 5.32 Å². The minimum atomic E-state index is -0.239. The number of hydrogen-bond acceptors (Lipinski definition) is 3. The summed E-state index contributed by atoms with van der Waals surface area (Å²) in [5.74, 6) is 0.509. The molecule has 1 aromatic carbocycles. The van der Waals surface area contributed by atoms with Gasteiger partial charge in [-0.25, -0.2) is 4.39 Å². The quantitative estimate of drug-likeness (QED) is 0.725. The van der Waals surface area contributed by atoms with E-state index >= 15 is 0 Å². The number of benzene rings is 1. The first-order chi connectivity index (χ1) is 7.84. The molecule has 3 nitrogen and oxygen atoms in total. The van der Waals surface area contributed by atoms with E-state index in [0.29, 0.717) is 13.2 Å². The summed E-state index contributed by atoms with van der Waals surface area (Å²) in [6.45, 7) is 2.17. The summed E-state index contributed by atoms with van der Waals surface area (Å²) in [5.41, 5.74) is 0.828. The van der Waals surface area contributed by atoms with Crippen LogP contribution in [0.4, 0.5) is 4.39 Å². The van der Waals surface area contributed by atoms with Gasteiger partial charge in [0, 0.05) is 18.2 Å². The Hall–Kier alpha value is -1.13. The lowest BCUT2D eigenvalue weighted by molar-refractivity contribution is -0.00598. The number of hydrogen-bond donors (Lipinski definition) is 1. The highest BCUT2D eigenvalue weighted by atomic mass is 19.1. The summed E-state index contributed by atoms with van der Waals surface area (Å²) >= 11 is 0. The first kappa shape index (κ1) is 10.1. The Kier molecular flexibility index (Phi) is 2.53. The summed E-state index contributed by atoms with van der Waals surface area (Å²) in [6.07, 6.45) is 0.808. The fourth-order valence-electron chi connectivity index (χ4n) is 2.38. The van der Waals surface area contributed by atoms with Crippen LogP contribution in [0, 0.1) is 5.82 Å². The van der Waals surface area contributed by atoms with Gasteiger partial charge in [0.05, 0.1) is 13.2 Å². The molecule has 1 aromatic rings. The Balaban J connectivity index is 2.02. The fraction of sp³-hybridized carbons (Fsp3) is 0.500. The second-order valence-corrected chi connectivity index (χ2v) is 4.17. The smallest absolute Gasteiger partial charge is 0.125 e. The molecule has 2 heterocycles. The normalized spacial score (nSPS) is 28.6. The molecule has 0 aliphatic carbocycles. The van der Waals surface area contributed by atoms with Gasteiger partial charge in [0.2, 0.25) is 0 Å². The molecule has 2 aliphatic rings.